The number of aliphatic hydroxyl groups is 1. The maximum atomic E-state index is 14.1. The zero-order valence-electron chi connectivity index (χ0n) is 13.0. The van der Waals surface area contributed by atoms with Crippen LogP contribution in [-0.2, 0) is 16.1 Å². The lowest BCUT2D eigenvalue weighted by Crippen LogP contribution is -2.44. The van der Waals surface area contributed by atoms with Gasteiger partial charge >= 0.3 is 5.97 Å². The Morgan fingerprint density at radius 2 is 2.22 bits per heavy atom. The molecule has 1 aromatic carbocycles. The molecular weight excluding hydrogens is 321 g/mol. The highest BCUT2D eigenvalue weighted by molar-refractivity contribution is 6.31. The Morgan fingerprint density at radius 1 is 1.43 bits per heavy atom. The standard InChI is InChI=1S/C17H21ClFNO3/c1-23-17(22)16-7-10-5-6-11(21)8-15(10)20(16)9-12-13(18)3-2-4-14(12)19/h2-4,10-11,15-16,21H,5-9H2,1H3/t10-,11+,15-,16-/m1/s1. The first-order chi connectivity index (χ1) is 11.0. The van der Waals surface area contributed by atoms with Crippen LogP contribution in [0.4, 0.5) is 4.39 Å². The van der Waals surface area contributed by atoms with E-state index in [2.05, 4.69) is 0 Å². The van der Waals surface area contributed by atoms with Crippen LogP contribution in [0, 0.1) is 11.7 Å². The van der Waals surface area contributed by atoms with E-state index in [4.69, 9.17) is 16.3 Å². The van der Waals surface area contributed by atoms with Gasteiger partial charge in [-0.3, -0.25) is 9.69 Å². The van der Waals surface area contributed by atoms with E-state index in [1.54, 1.807) is 12.1 Å². The van der Waals surface area contributed by atoms with Crippen molar-refractivity contribution in [2.45, 2.75) is 50.4 Å². The number of halogens is 2. The second-order valence-corrected chi connectivity index (χ2v) is 6.85. The van der Waals surface area contributed by atoms with Gasteiger partial charge < -0.3 is 9.84 Å². The number of methoxy groups -OCH3 is 1. The number of rotatable bonds is 3. The first kappa shape index (κ1) is 16.7. The molecule has 0 amide bonds. The van der Waals surface area contributed by atoms with E-state index in [9.17, 15) is 14.3 Å². The normalized spacial score (nSPS) is 31.0. The van der Waals surface area contributed by atoms with Crippen LogP contribution in [0.15, 0.2) is 18.2 Å². The van der Waals surface area contributed by atoms with Crippen molar-refractivity contribution in [3.63, 3.8) is 0 Å². The van der Waals surface area contributed by atoms with Gasteiger partial charge in [0.25, 0.3) is 0 Å². The SMILES string of the molecule is COC(=O)[C@H]1C[C@H]2CC[C@H](O)C[C@H]2N1Cc1c(F)cccc1Cl. The van der Waals surface area contributed by atoms with Crippen LogP contribution < -0.4 is 0 Å². The lowest BCUT2D eigenvalue weighted by molar-refractivity contribution is -0.146. The summed E-state index contributed by atoms with van der Waals surface area (Å²) in [6.07, 6.45) is 2.55. The molecular formula is C17H21ClFNO3. The first-order valence-electron chi connectivity index (χ1n) is 7.95. The summed E-state index contributed by atoms with van der Waals surface area (Å²) in [4.78, 5) is 14.1. The highest BCUT2D eigenvalue weighted by atomic mass is 35.5. The maximum absolute atomic E-state index is 14.1. The summed E-state index contributed by atoms with van der Waals surface area (Å²) in [6, 6.07) is 4.24. The van der Waals surface area contributed by atoms with E-state index >= 15 is 0 Å². The Labute approximate surface area is 140 Å². The number of esters is 1. The van der Waals surface area contributed by atoms with E-state index < -0.39 is 6.04 Å². The molecule has 1 aromatic rings. The lowest BCUT2D eigenvalue weighted by atomic mass is 9.83. The Balaban J connectivity index is 1.90. The van der Waals surface area contributed by atoms with Crippen LogP contribution in [0.3, 0.4) is 0 Å². The number of hydrogen-bond acceptors (Lipinski definition) is 4. The van der Waals surface area contributed by atoms with E-state index in [1.165, 1.54) is 13.2 Å². The summed E-state index contributed by atoms with van der Waals surface area (Å²) in [5.41, 5.74) is 0.392. The molecule has 0 spiro atoms. The van der Waals surface area contributed by atoms with E-state index in [-0.39, 0.29) is 30.5 Å². The van der Waals surface area contributed by atoms with Gasteiger partial charge in [-0.05, 0) is 43.7 Å². The largest absolute Gasteiger partial charge is 0.468 e. The topological polar surface area (TPSA) is 49.8 Å². The number of carbonyl (C=O) groups is 1. The third kappa shape index (κ3) is 3.23. The van der Waals surface area contributed by atoms with Gasteiger partial charge in [-0.1, -0.05) is 17.7 Å². The molecule has 2 fully saturated rings. The Morgan fingerprint density at radius 3 is 2.91 bits per heavy atom. The van der Waals surface area contributed by atoms with Gasteiger partial charge in [-0.15, -0.1) is 0 Å². The molecule has 1 saturated heterocycles. The summed E-state index contributed by atoms with van der Waals surface area (Å²) in [6.45, 7) is 0.249. The molecule has 1 heterocycles. The van der Waals surface area contributed by atoms with Crippen LogP contribution in [0.25, 0.3) is 0 Å². The van der Waals surface area contributed by atoms with Crippen LogP contribution in [0.2, 0.25) is 5.02 Å². The highest BCUT2D eigenvalue weighted by Crippen LogP contribution is 2.41. The molecule has 0 aromatic heterocycles. The number of hydrogen-bond donors (Lipinski definition) is 1. The fraction of sp³-hybridized carbons (Fsp3) is 0.588. The van der Waals surface area contributed by atoms with Crippen molar-refractivity contribution in [3.05, 3.63) is 34.6 Å². The molecule has 2 aliphatic rings. The van der Waals surface area contributed by atoms with Gasteiger partial charge in [0.05, 0.1) is 13.2 Å². The van der Waals surface area contributed by atoms with Gasteiger partial charge in [0, 0.05) is 23.2 Å². The van der Waals surface area contributed by atoms with Gasteiger partial charge in [-0.2, -0.15) is 0 Å². The van der Waals surface area contributed by atoms with Crippen LogP contribution in [0.5, 0.6) is 0 Å². The summed E-state index contributed by atoms with van der Waals surface area (Å²) in [5, 5.41) is 10.3. The molecule has 6 heteroatoms. The molecule has 0 bridgehead atoms. The molecule has 1 N–H and O–H groups in total. The third-order valence-electron chi connectivity index (χ3n) is 5.16. The second kappa shape index (κ2) is 6.75. The summed E-state index contributed by atoms with van der Waals surface area (Å²) < 4.78 is 19.1. The van der Waals surface area contributed by atoms with Crippen molar-refractivity contribution >= 4 is 17.6 Å². The van der Waals surface area contributed by atoms with Gasteiger partial charge in [0.1, 0.15) is 11.9 Å². The molecule has 0 unspecified atom stereocenters. The number of fused-ring (bicyclic) bond motifs is 1. The van der Waals surface area contributed by atoms with Gasteiger partial charge in [0.2, 0.25) is 0 Å². The molecule has 4 atom stereocenters. The molecule has 23 heavy (non-hydrogen) atoms. The van der Waals surface area contributed by atoms with Crippen molar-refractivity contribution < 1.29 is 19.0 Å². The number of likely N-dealkylation sites (tertiary alicyclic amines) is 1. The number of ether oxygens (including phenoxy) is 1. The molecule has 0 radical (unpaired) electrons. The van der Waals surface area contributed by atoms with Crippen molar-refractivity contribution in [2.24, 2.45) is 5.92 Å². The summed E-state index contributed by atoms with van der Waals surface area (Å²) >= 11 is 6.14. The summed E-state index contributed by atoms with van der Waals surface area (Å²) in [7, 11) is 1.37. The minimum atomic E-state index is -0.407. The van der Waals surface area contributed by atoms with Crippen molar-refractivity contribution in [1.29, 1.82) is 0 Å². The zero-order valence-corrected chi connectivity index (χ0v) is 13.8. The molecule has 1 aliphatic heterocycles. The third-order valence-corrected chi connectivity index (χ3v) is 5.51. The lowest BCUT2D eigenvalue weighted by Gasteiger charge is -2.35. The zero-order chi connectivity index (χ0) is 16.6. The summed E-state index contributed by atoms with van der Waals surface area (Å²) in [5.74, 6) is -0.352. The highest BCUT2D eigenvalue weighted by Gasteiger charge is 2.47. The number of nitrogens with zero attached hydrogens (tertiary/aromatic N) is 1. The minimum Gasteiger partial charge on any atom is -0.468 e. The average molecular weight is 342 g/mol. The van der Waals surface area contributed by atoms with Crippen molar-refractivity contribution in [2.75, 3.05) is 7.11 Å². The van der Waals surface area contributed by atoms with E-state index in [1.807, 2.05) is 4.90 Å². The first-order valence-corrected chi connectivity index (χ1v) is 8.33. The van der Waals surface area contributed by atoms with Crippen LogP contribution in [0.1, 0.15) is 31.2 Å². The quantitative estimate of drug-likeness (QED) is 0.859. The van der Waals surface area contributed by atoms with Crippen LogP contribution in [-0.4, -0.2) is 41.3 Å². The van der Waals surface area contributed by atoms with E-state index in [0.717, 1.165) is 12.8 Å². The number of carbonyl (C=O) groups excluding carboxylic acids is 1. The van der Waals surface area contributed by atoms with Gasteiger partial charge in [0.15, 0.2) is 0 Å². The Kier molecular flexibility index (Phi) is 4.90. The smallest absolute Gasteiger partial charge is 0.323 e. The molecule has 1 aliphatic carbocycles. The Hall–Kier alpha value is -1.17. The molecule has 126 valence electrons. The minimum absolute atomic E-state index is 0.0542. The average Bonchev–Trinajstić information content (AvgIpc) is 2.88. The fourth-order valence-corrected chi connectivity index (χ4v) is 4.21. The maximum Gasteiger partial charge on any atom is 0.323 e. The number of aliphatic hydroxyl groups excluding tert-OH is 1. The van der Waals surface area contributed by atoms with Crippen molar-refractivity contribution in [1.82, 2.24) is 4.90 Å². The monoisotopic (exact) mass is 341 g/mol. The molecule has 4 nitrogen and oxygen atoms in total. The fourth-order valence-electron chi connectivity index (χ4n) is 3.98. The second-order valence-electron chi connectivity index (χ2n) is 6.44. The van der Waals surface area contributed by atoms with Crippen LogP contribution >= 0.6 is 11.6 Å². The van der Waals surface area contributed by atoms with Crippen molar-refractivity contribution in [3.8, 4) is 0 Å². The number of benzene rings is 1. The Bertz CT molecular complexity index is 577. The predicted molar refractivity (Wildman–Crippen MR) is 84.5 cm³/mol. The van der Waals surface area contributed by atoms with E-state index in [0.29, 0.717) is 29.3 Å². The molecule has 1 saturated carbocycles. The predicted octanol–water partition coefficient (Wildman–Crippen LogP) is 2.76. The molecule has 3 rings (SSSR count). The van der Waals surface area contributed by atoms with Gasteiger partial charge in [-0.25, -0.2) is 4.39 Å².